The Morgan fingerprint density at radius 3 is 2.67 bits per heavy atom. The summed E-state index contributed by atoms with van der Waals surface area (Å²) in [5.74, 6) is 0.820. The predicted molar refractivity (Wildman–Crippen MR) is 74.4 cm³/mol. The zero-order valence-corrected chi connectivity index (χ0v) is 11.8. The predicted octanol–water partition coefficient (Wildman–Crippen LogP) is 3.92. The molecule has 1 aromatic heterocycles. The van der Waals surface area contributed by atoms with Gasteiger partial charge in [-0.25, -0.2) is 4.68 Å². The largest absolute Gasteiger partial charge is 0.416 e. The average Bonchev–Trinajstić information content (AvgIpc) is 2.74. The Balaban J connectivity index is 2.14. The van der Waals surface area contributed by atoms with E-state index < -0.39 is 11.7 Å². The quantitative estimate of drug-likeness (QED) is 0.864. The van der Waals surface area contributed by atoms with Gasteiger partial charge in [-0.15, -0.1) is 0 Å². The van der Waals surface area contributed by atoms with E-state index in [4.69, 9.17) is 0 Å². The van der Waals surface area contributed by atoms with Crippen molar-refractivity contribution in [2.45, 2.75) is 32.5 Å². The molecule has 3 rings (SSSR count). The molecule has 0 radical (unpaired) electrons. The van der Waals surface area contributed by atoms with Gasteiger partial charge >= 0.3 is 6.18 Å². The topological polar surface area (TPSA) is 29.9 Å². The first-order valence-electron chi connectivity index (χ1n) is 6.85. The summed E-state index contributed by atoms with van der Waals surface area (Å²) in [6.07, 6.45) is -3.76. The Morgan fingerprint density at radius 2 is 1.95 bits per heavy atom. The molecule has 21 heavy (non-hydrogen) atoms. The van der Waals surface area contributed by atoms with Crippen molar-refractivity contribution in [3.8, 4) is 0 Å². The molecular weight excluding hydrogens is 279 g/mol. The SMILES string of the molecule is Cc1nn2c(c1C)NCCC2c1ccccc1C(F)(F)F. The van der Waals surface area contributed by atoms with Crippen molar-refractivity contribution in [2.75, 3.05) is 11.9 Å². The number of anilines is 1. The second-order valence-electron chi connectivity index (χ2n) is 5.32. The molecule has 0 saturated heterocycles. The molecule has 0 spiro atoms. The zero-order chi connectivity index (χ0) is 15.2. The van der Waals surface area contributed by atoms with Gasteiger partial charge in [-0.05, 0) is 31.9 Å². The van der Waals surface area contributed by atoms with E-state index in [1.165, 1.54) is 6.07 Å². The first kappa shape index (κ1) is 14.0. The Bertz CT molecular complexity index is 673. The minimum Gasteiger partial charge on any atom is -0.370 e. The van der Waals surface area contributed by atoms with Crippen LogP contribution in [-0.2, 0) is 6.18 Å². The number of halogens is 3. The monoisotopic (exact) mass is 295 g/mol. The number of hydrogen-bond donors (Lipinski definition) is 1. The van der Waals surface area contributed by atoms with Crippen molar-refractivity contribution in [3.63, 3.8) is 0 Å². The summed E-state index contributed by atoms with van der Waals surface area (Å²) in [7, 11) is 0. The standard InChI is InChI=1S/C15H16F3N3/c1-9-10(2)20-21-13(7-8-19-14(9)21)11-5-3-4-6-12(11)15(16,17)18/h3-6,13,19H,7-8H2,1-2H3. The number of fused-ring (bicyclic) bond motifs is 1. The number of hydrogen-bond acceptors (Lipinski definition) is 2. The number of aryl methyl sites for hydroxylation is 1. The van der Waals surface area contributed by atoms with Crippen LogP contribution in [0.2, 0.25) is 0 Å². The Morgan fingerprint density at radius 1 is 1.24 bits per heavy atom. The van der Waals surface area contributed by atoms with Gasteiger partial charge in [-0.1, -0.05) is 18.2 Å². The normalized spacial score (nSPS) is 18.2. The number of alkyl halides is 3. The van der Waals surface area contributed by atoms with Gasteiger partial charge in [-0.2, -0.15) is 18.3 Å². The Kier molecular flexibility index (Phi) is 3.19. The molecule has 1 aliphatic heterocycles. The van der Waals surface area contributed by atoms with Crippen molar-refractivity contribution in [3.05, 3.63) is 46.6 Å². The third kappa shape index (κ3) is 2.28. The van der Waals surface area contributed by atoms with E-state index in [9.17, 15) is 13.2 Å². The lowest BCUT2D eigenvalue weighted by molar-refractivity contribution is -0.138. The maximum atomic E-state index is 13.2. The Hall–Kier alpha value is -1.98. The number of rotatable bonds is 1. The second-order valence-corrected chi connectivity index (χ2v) is 5.32. The van der Waals surface area contributed by atoms with Crippen LogP contribution < -0.4 is 5.32 Å². The summed E-state index contributed by atoms with van der Waals surface area (Å²) in [6.45, 7) is 4.44. The molecule has 0 amide bonds. The van der Waals surface area contributed by atoms with Crippen LogP contribution in [0.25, 0.3) is 0 Å². The van der Waals surface area contributed by atoms with Crippen LogP contribution in [0.5, 0.6) is 0 Å². The van der Waals surface area contributed by atoms with Gasteiger partial charge in [0.1, 0.15) is 5.82 Å². The molecule has 112 valence electrons. The molecule has 0 aliphatic carbocycles. The first-order valence-corrected chi connectivity index (χ1v) is 6.85. The minimum atomic E-state index is -4.35. The second kappa shape index (κ2) is 4.79. The van der Waals surface area contributed by atoms with Crippen LogP contribution in [0, 0.1) is 13.8 Å². The van der Waals surface area contributed by atoms with Crippen molar-refractivity contribution in [2.24, 2.45) is 0 Å². The van der Waals surface area contributed by atoms with Gasteiger partial charge < -0.3 is 5.32 Å². The molecule has 3 nitrogen and oxygen atoms in total. The fourth-order valence-corrected chi connectivity index (χ4v) is 2.85. The smallest absolute Gasteiger partial charge is 0.370 e. The fraction of sp³-hybridized carbons (Fsp3) is 0.400. The van der Waals surface area contributed by atoms with E-state index in [2.05, 4.69) is 10.4 Å². The maximum absolute atomic E-state index is 13.2. The molecule has 1 aliphatic rings. The lowest BCUT2D eigenvalue weighted by Gasteiger charge is -2.28. The summed E-state index contributed by atoms with van der Waals surface area (Å²) in [5.41, 5.74) is 1.54. The molecule has 2 aromatic rings. The number of nitrogens with one attached hydrogen (secondary N) is 1. The van der Waals surface area contributed by atoms with Crippen molar-refractivity contribution < 1.29 is 13.2 Å². The molecule has 6 heteroatoms. The van der Waals surface area contributed by atoms with E-state index in [-0.39, 0.29) is 11.6 Å². The van der Waals surface area contributed by atoms with Gasteiger partial charge in [0.2, 0.25) is 0 Å². The van der Waals surface area contributed by atoms with Crippen molar-refractivity contribution >= 4 is 5.82 Å². The maximum Gasteiger partial charge on any atom is 0.416 e. The third-order valence-corrected chi connectivity index (χ3v) is 4.02. The molecule has 1 aromatic carbocycles. The highest BCUT2D eigenvalue weighted by Crippen LogP contribution is 2.39. The van der Waals surface area contributed by atoms with Gasteiger partial charge in [0.15, 0.2) is 0 Å². The van der Waals surface area contributed by atoms with Crippen LogP contribution in [0.1, 0.15) is 34.8 Å². The molecule has 0 saturated carbocycles. The van der Waals surface area contributed by atoms with Crippen molar-refractivity contribution in [1.29, 1.82) is 0 Å². The van der Waals surface area contributed by atoms with Crippen LogP contribution in [0.15, 0.2) is 24.3 Å². The number of aromatic nitrogens is 2. The zero-order valence-electron chi connectivity index (χ0n) is 11.8. The van der Waals surface area contributed by atoms with Crippen LogP contribution in [-0.4, -0.2) is 16.3 Å². The average molecular weight is 295 g/mol. The molecule has 1 unspecified atom stereocenters. The van der Waals surface area contributed by atoms with E-state index in [1.807, 2.05) is 13.8 Å². The van der Waals surface area contributed by atoms with E-state index >= 15 is 0 Å². The summed E-state index contributed by atoms with van der Waals surface area (Å²) in [4.78, 5) is 0. The van der Waals surface area contributed by atoms with E-state index in [1.54, 1.807) is 16.8 Å². The summed E-state index contributed by atoms with van der Waals surface area (Å²) in [6, 6.07) is 5.38. The lowest BCUT2D eigenvalue weighted by atomic mass is 9.96. The summed E-state index contributed by atoms with van der Waals surface area (Å²) < 4.78 is 41.3. The van der Waals surface area contributed by atoms with Gasteiger partial charge in [0, 0.05) is 12.1 Å². The first-order chi connectivity index (χ1) is 9.89. The van der Waals surface area contributed by atoms with E-state index in [0.29, 0.717) is 13.0 Å². The highest BCUT2D eigenvalue weighted by Gasteiger charge is 2.36. The third-order valence-electron chi connectivity index (χ3n) is 4.02. The molecule has 2 heterocycles. The molecule has 1 atom stereocenters. The van der Waals surface area contributed by atoms with Gasteiger partial charge in [0.25, 0.3) is 0 Å². The summed E-state index contributed by atoms with van der Waals surface area (Å²) >= 11 is 0. The van der Waals surface area contributed by atoms with Crippen LogP contribution in [0.3, 0.4) is 0 Å². The summed E-state index contributed by atoms with van der Waals surface area (Å²) in [5, 5.41) is 7.65. The highest BCUT2D eigenvalue weighted by molar-refractivity contribution is 5.50. The van der Waals surface area contributed by atoms with Gasteiger partial charge in [-0.3, -0.25) is 0 Å². The molecule has 0 bridgehead atoms. The fourth-order valence-electron chi connectivity index (χ4n) is 2.85. The minimum absolute atomic E-state index is 0.287. The van der Waals surface area contributed by atoms with Gasteiger partial charge in [0.05, 0.1) is 17.3 Å². The van der Waals surface area contributed by atoms with E-state index in [0.717, 1.165) is 23.1 Å². The van der Waals surface area contributed by atoms with Crippen LogP contribution in [0.4, 0.5) is 19.0 Å². The molecular formula is C15H16F3N3. The highest BCUT2D eigenvalue weighted by atomic mass is 19.4. The van der Waals surface area contributed by atoms with Crippen molar-refractivity contribution in [1.82, 2.24) is 9.78 Å². The molecule has 1 N–H and O–H groups in total. The Labute approximate surface area is 120 Å². The lowest BCUT2D eigenvalue weighted by Crippen LogP contribution is -2.26. The number of benzene rings is 1. The van der Waals surface area contributed by atoms with Crippen LogP contribution >= 0.6 is 0 Å². The molecule has 0 fully saturated rings. The number of nitrogens with zero attached hydrogens (tertiary/aromatic N) is 2.